The molecule has 5 heteroatoms. The summed E-state index contributed by atoms with van der Waals surface area (Å²) in [5.74, 6) is 1.29. The van der Waals surface area contributed by atoms with Crippen LogP contribution < -0.4 is 0 Å². The number of imidazole rings is 1. The standard InChI is InChI=1S/C19H27N3O2/c1-6-13-7-8-14-15(10-13)21-17(20-14)16-9-12(2)11-22(16)18(23)24-19(3,4)5/h7-8,10,12,16H,6,9,11H2,1-5H3,(H,20,21). The number of amides is 1. The van der Waals surface area contributed by atoms with Gasteiger partial charge in [0.1, 0.15) is 11.4 Å². The van der Waals surface area contributed by atoms with Crippen molar-refractivity contribution in [3.8, 4) is 0 Å². The molecule has 130 valence electrons. The fourth-order valence-electron chi connectivity index (χ4n) is 3.28. The molecule has 2 heterocycles. The second-order valence-electron chi connectivity index (χ2n) is 7.82. The average Bonchev–Trinajstić information content (AvgIpc) is 3.07. The van der Waals surface area contributed by atoms with Gasteiger partial charge in [0, 0.05) is 6.54 Å². The zero-order valence-corrected chi connectivity index (χ0v) is 15.2. The van der Waals surface area contributed by atoms with E-state index < -0.39 is 5.60 Å². The van der Waals surface area contributed by atoms with E-state index in [1.165, 1.54) is 5.56 Å². The molecule has 1 amide bonds. The molecule has 2 aromatic rings. The minimum absolute atomic E-state index is 0.0488. The Labute approximate surface area is 143 Å². The van der Waals surface area contributed by atoms with Crippen LogP contribution in [0.1, 0.15) is 58.5 Å². The van der Waals surface area contributed by atoms with E-state index in [0.717, 1.165) is 29.7 Å². The van der Waals surface area contributed by atoms with Crippen molar-refractivity contribution in [2.75, 3.05) is 6.54 Å². The minimum atomic E-state index is -0.489. The number of hydrogen-bond acceptors (Lipinski definition) is 3. The second kappa shape index (κ2) is 6.11. The van der Waals surface area contributed by atoms with E-state index in [-0.39, 0.29) is 12.1 Å². The molecule has 1 fully saturated rings. The van der Waals surface area contributed by atoms with Crippen LogP contribution in [0.25, 0.3) is 11.0 Å². The molecule has 0 spiro atoms. The molecule has 3 rings (SSSR count). The van der Waals surface area contributed by atoms with E-state index >= 15 is 0 Å². The van der Waals surface area contributed by atoms with E-state index in [1.54, 1.807) is 0 Å². The topological polar surface area (TPSA) is 58.2 Å². The highest BCUT2D eigenvalue weighted by Gasteiger charge is 2.38. The second-order valence-corrected chi connectivity index (χ2v) is 7.82. The van der Waals surface area contributed by atoms with E-state index in [9.17, 15) is 4.79 Å². The van der Waals surface area contributed by atoms with Crippen LogP contribution in [0.5, 0.6) is 0 Å². The number of fused-ring (bicyclic) bond motifs is 1. The zero-order valence-electron chi connectivity index (χ0n) is 15.2. The van der Waals surface area contributed by atoms with E-state index in [2.05, 4.69) is 31.0 Å². The molecule has 1 saturated heterocycles. The van der Waals surface area contributed by atoms with E-state index in [1.807, 2.05) is 31.7 Å². The van der Waals surface area contributed by atoms with Crippen molar-refractivity contribution < 1.29 is 9.53 Å². The van der Waals surface area contributed by atoms with Crippen molar-refractivity contribution in [2.24, 2.45) is 5.92 Å². The van der Waals surface area contributed by atoms with Crippen LogP contribution in [0.2, 0.25) is 0 Å². The largest absolute Gasteiger partial charge is 0.444 e. The van der Waals surface area contributed by atoms with Gasteiger partial charge in [-0.2, -0.15) is 0 Å². The van der Waals surface area contributed by atoms with Gasteiger partial charge in [0.15, 0.2) is 0 Å². The lowest BCUT2D eigenvalue weighted by Crippen LogP contribution is -2.37. The maximum Gasteiger partial charge on any atom is 0.410 e. The number of H-pyrrole nitrogens is 1. The Bertz CT molecular complexity index is 745. The van der Waals surface area contributed by atoms with Gasteiger partial charge >= 0.3 is 6.09 Å². The summed E-state index contributed by atoms with van der Waals surface area (Å²) in [6, 6.07) is 6.25. The van der Waals surface area contributed by atoms with Gasteiger partial charge < -0.3 is 9.72 Å². The van der Waals surface area contributed by atoms with Gasteiger partial charge in [-0.1, -0.05) is 19.9 Å². The third kappa shape index (κ3) is 3.40. The monoisotopic (exact) mass is 329 g/mol. The molecule has 1 N–H and O–H groups in total. The number of benzene rings is 1. The van der Waals surface area contributed by atoms with Crippen molar-refractivity contribution in [1.82, 2.24) is 14.9 Å². The van der Waals surface area contributed by atoms with Gasteiger partial charge in [0.05, 0.1) is 17.1 Å². The predicted octanol–water partition coefficient (Wildman–Crippen LogP) is 4.44. The Morgan fingerprint density at radius 1 is 1.42 bits per heavy atom. The minimum Gasteiger partial charge on any atom is -0.444 e. The highest BCUT2D eigenvalue weighted by Crippen LogP contribution is 2.35. The molecular weight excluding hydrogens is 302 g/mol. The fourth-order valence-corrected chi connectivity index (χ4v) is 3.28. The number of carbonyl (C=O) groups is 1. The number of nitrogens with one attached hydrogen (secondary N) is 1. The fraction of sp³-hybridized carbons (Fsp3) is 0.579. The van der Waals surface area contributed by atoms with Crippen LogP contribution in [0, 0.1) is 5.92 Å². The molecule has 0 radical (unpaired) electrons. The normalized spacial score (nSPS) is 21.5. The molecule has 0 bridgehead atoms. The SMILES string of the molecule is CCc1ccc2nc(C3CC(C)CN3C(=O)OC(C)(C)C)[nH]c2c1. The maximum atomic E-state index is 12.6. The Morgan fingerprint density at radius 3 is 2.83 bits per heavy atom. The lowest BCUT2D eigenvalue weighted by molar-refractivity contribution is 0.0215. The van der Waals surface area contributed by atoms with Crippen LogP contribution in [-0.4, -0.2) is 33.1 Å². The predicted molar refractivity (Wildman–Crippen MR) is 94.9 cm³/mol. The molecule has 1 aliphatic heterocycles. The Morgan fingerprint density at radius 2 is 2.17 bits per heavy atom. The zero-order chi connectivity index (χ0) is 17.5. The van der Waals surface area contributed by atoms with Crippen molar-refractivity contribution >= 4 is 17.1 Å². The van der Waals surface area contributed by atoms with Crippen LogP contribution in [0.3, 0.4) is 0 Å². The summed E-state index contributed by atoms with van der Waals surface area (Å²) in [6.07, 6.45) is 1.64. The van der Waals surface area contributed by atoms with Crippen LogP contribution in [-0.2, 0) is 11.2 Å². The van der Waals surface area contributed by atoms with Gasteiger partial charge in [-0.25, -0.2) is 9.78 Å². The molecule has 2 atom stereocenters. The highest BCUT2D eigenvalue weighted by atomic mass is 16.6. The Hall–Kier alpha value is -2.04. The molecule has 0 saturated carbocycles. The third-order valence-electron chi connectivity index (χ3n) is 4.43. The number of aryl methyl sites for hydroxylation is 1. The summed E-state index contributed by atoms with van der Waals surface area (Å²) < 4.78 is 5.58. The molecule has 24 heavy (non-hydrogen) atoms. The quantitative estimate of drug-likeness (QED) is 0.886. The molecule has 0 aliphatic carbocycles. The average molecular weight is 329 g/mol. The van der Waals surface area contributed by atoms with Crippen LogP contribution in [0.4, 0.5) is 4.79 Å². The molecule has 1 aromatic heterocycles. The van der Waals surface area contributed by atoms with Crippen molar-refractivity contribution in [1.29, 1.82) is 0 Å². The summed E-state index contributed by atoms with van der Waals surface area (Å²) in [4.78, 5) is 22.5. The number of likely N-dealkylation sites (tertiary alicyclic amines) is 1. The van der Waals surface area contributed by atoms with Gasteiger partial charge in [-0.05, 0) is 57.2 Å². The molecule has 2 unspecified atom stereocenters. The highest BCUT2D eigenvalue weighted by molar-refractivity contribution is 5.76. The third-order valence-corrected chi connectivity index (χ3v) is 4.43. The first-order chi connectivity index (χ1) is 11.3. The molecular formula is C19H27N3O2. The summed E-state index contributed by atoms with van der Waals surface area (Å²) in [5.41, 5.74) is 2.78. The first-order valence-corrected chi connectivity index (χ1v) is 8.75. The first kappa shape index (κ1) is 16.8. The van der Waals surface area contributed by atoms with Gasteiger partial charge in [-0.15, -0.1) is 0 Å². The summed E-state index contributed by atoms with van der Waals surface area (Å²) in [7, 11) is 0. The Balaban J connectivity index is 1.89. The van der Waals surface area contributed by atoms with E-state index in [4.69, 9.17) is 9.72 Å². The van der Waals surface area contributed by atoms with Gasteiger partial charge in [-0.3, -0.25) is 4.90 Å². The number of nitrogens with zero attached hydrogens (tertiary/aromatic N) is 2. The van der Waals surface area contributed by atoms with Gasteiger partial charge in [0.25, 0.3) is 0 Å². The number of aromatic amines is 1. The number of carbonyl (C=O) groups excluding carboxylic acids is 1. The van der Waals surface area contributed by atoms with Crippen molar-refractivity contribution in [2.45, 2.75) is 59.1 Å². The smallest absolute Gasteiger partial charge is 0.410 e. The Kier molecular flexibility index (Phi) is 4.28. The van der Waals surface area contributed by atoms with Gasteiger partial charge in [0.2, 0.25) is 0 Å². The van der Waals surface area contributed by atoms with Crippen molar-refractivity contribution in [3.05, 3.63) is 29.6 Å². The molecule has 1 aromatic carbocycles. The van der Waals surface area contributed by atoms with Crippen LogP contribution >= 0.6 is 0 Å². The maximum absolute atomic E-state index is 12.6. The summed E-state index contributed by atoms with van der Waals surface area (Å²) in [5, 5.41) is 0. The summed E-state index contributed by atoms with van der Waals surface area (Å²) >= 11 is 0. The van der Waals surface area contributed by atoms with Crippen molar-refractivity contribution in [3.63, 3.8) is 0 Å². The summed E-state index contributed by atoms with van der Waals surface area (Å²) in [6.45, 7) is 10.7. The molecule has 1 aliphatic rings. The first-order valence-electron chi connectivity index (χ1n) is 8.75. The number of ether oxygens (including phenoxy) is 1. The number of aromatic nitrogens is 2. The number of rotatable bonds is 2. The van der Waals surface area contributed by atoms with E-state index in [0.29, 0.717) is 12.5 Å². The number of hydrogen-bond donors (Lipinski definition) is 1. The lowest BCUT2D eigenvalue weighted by atomic mass is 10.1. The lowest BCUT2D eigenvalue weighted by Gasteiger charge is -2.27. The van der Waals surface area contributed by atoms with Crippen LogP contribution in [0.15, 0.2) is 18.2 Å². The molecule has 5 nitrogen and oxygen atoms in total.